The molecule has 0 bridgehead atoms. The van der Waals surface area contributed by atoms with Gasteiger partial charge in [-0.15, -0.1) is 0 Å². The number of rotatable bonds is 8. The summed E-state index contributed by atoms with van der Waals surface area (Å²) in [4.78, 5) is 55.8. The predicted molar refractivity (Wildman–Crippen MR) is 136 cm³/mol. The molecule has 2 aliphatic heterocycles. The van der Waals surface area contributed by atoms with Crippen molar-refractivity contribution in [2.75, 3.05) is 20.2 Å². The molecule has 37 heavy (non-hydrogen) atoms. The number of methoxy groups -OCH3 is 1. The maximum absolute atomic E-state index is 13.7. The van der Waals surface area contributed by atoms with Crippen molar-refractivity contribution >= 4 is 34.5 Å². The van der Waals surface area contributed by atoms with Gasteiger partial charge >= 0.3 is 0 Å². The fraction of sp³-hybridized carbons (Fsp3) is 0.538. The Morgan fingerprint density at radius 2 is 2.03 bits per heavy atom. The van der Waals surface area contributed by atoms with Gasteiger partial charge in [0.15, 0.2) is 0 Å². The van der Waals surface area contributed by atoms with Gasteiger partial charge in [-0.2, -0.15) is 0 Å². The summed E-state index contributed by atoms with van der Waals surface area (Å²) in [7, 11) is 1.56. The zero-order valence-corrected chi connectivity index (χ0v) is 21.6. The second-order valence-corrected chi connectivity index (χ2v) is 10.6. The third-order valence-electron chi connectivity index (χ3n) is 6.76. The Kier molecular flexibility index (Phi) is 7.44. The number of H-pyrrole nitrogens is 1. The lowest BCUT2D eigenvalue weighted by Gasteiger charge is -2.26. The highest BCUT2D eigenvalue weighted by atomic mass is 16.5. The lowest BCUT2D eigenvalue weighted by atomic mass is 9.97. The molecule has 1 aromatic carbocycles. The number of primary amides is 1. The monoisotopic (exact) mass is 513 g/mol. The molecule has 2 saturated heterocycles. The first kappa shape index (κ1) is 26.5. The van der Waals surface area contributed by atoms with Crippen molar-refractivity contribution in [1.82, 2.24) is 20.5 Å². The van der Waals surface area contributed by atoms with Gasteiger partial charge in [0.1, 0.15) is 23.5 Å². The van der Waals surface area contributed by atoms with Crippen molar-refractivity contribution in [2.24, 2.45) is 11.7 Å². The number of hydrogen-bond acceptors (Lipinski definition) is 6. The maximum Gasteiger partial charge on any atom is 0.271 e. The number of nitrogens with one attached hydrogen (secondary N) is 3. The van der Waals surface area contributed by atoms with Gasteiger partial charge in [0.05, 0.1) is 18.8 Å². The lowest BCUT2D eigenvalue weighted by Crippen LogP contribution is -2.53. The second-order valence-electron chi connectivity index (χ2n) is 10.6. The Balaban J connectivity index is 1.57. The first-order valence-corrected chi connectivity index (χ1v) is 12.5. The molecule has 5 N–H and O–H groups in total. The number of nitrogens with zero attached hydrogens (tertiary/aromatic N) is 1. The van der Waals surface area contributed by atoms with Crippen LogP contribution in [0.25, 0.3) is 10.9 Å². The summed E-state index contributed by atoms with van der Waals surface area (Å²) in [5.74, 6) is -1.55. The summed E-state index contributed by atoms with van der Waals surface area (Å²) >= 11 is 0. The van der Waals surface area contributed by atoms with Gasteiger partial charge < -0.3 is 35.7 Å². The predicted octanol–water partition coefficient (Wildman–Crippen LogP) is 1.07. The second kappa shape index (κ2) is 10.4. The fourth-order valence-electron chi connectivity index (χ4n) is 5.10. The molecule has 4 atom stereocenters. The summed E-state index contributed by atoms with van der Waals surface area (Å²) in [6.45, 7) is 6.45. The van der Waals surface area contributed by atoms with E-state index < -0.39 is 35.4 Å². The van der Waals surface area contributed by atoms with Crippen LogP contribution in [-0.2, 0) is 19.1 Å². The molecule has 200 valence electrons. The molecular formula is C26H35N5O6. The molecule has 1 aromatic heterocycles. The number of benzene rings is 1. The van der Waals surface area contributed by atoms with Crippen molar-refractivity contribution in [2.45, 2.75) is 63.8 Å². The van der Waals surface area contributed by atoms with E-state index in [2.05, 4.69) is 15.6 Å². The average Bonchev–Trinajstić information content (AvgIpc) is 3.55. The van der Waals surface area contributed by atoms with Crippen LogP contribution < -0.4 is 21.1 Å². The highest BCUT2D eigenvalue weighted by molar-refractivity contribution is 6.02. The van der Waals surface area contributed by atoms with Gasteiger partial charge in [-0.25, -0.2) is 0 Å². The number of aromatic amines is 1. The summed E-state index contributed by atoms with van der Waals surface area (Å²) in [6.07, 6.45) is 0.550. The Morgan fingerprint density at radius 1 is 1.27 bits per heavy atom. The van der Waals surface area contributed by atoms with Crippen LogP contribution in [0.1, 0.15) is 50.5 Å². The van der Waals surface area contributed by atoms with E-state index in [4.69, 9.17) is 15.2 Å². The molecule has 0 spiro atoms. The molecule has 11 heteroatoms. The van der Waals surface area contributed by atoms with Crippen LogP contribution in [0.5, 0.6) is 5.75 Å². The van der Waals surface area contributed by atoms with Crippen LogP contribution >= 0.6 is 0 Å². The molecule has 4 rings (SSSR count). The van der Waals surface area contributed by atoms with E-state index in [1.165, 1.54) is 4.90 Å². The number of carbonyl (C=O) groups excluding carboxylic acids is 4. The molecule has 2 aromatic rings. The third kappa shape index (κ3) is 5.87. The van der Waals surface area contributed by atoms with Crippen LogP contribution in [0, 0.1) is 5.92 Å². The first-order valence-electron chi connectivity index (χ1n) is 12.5. The number of ether oxygens (including phenoxy) is 2. The van der Waals surface area contributed by atoms with Crippen LogP contribution in [-0.4, -0.2) is 77.5 Å². The Morgan fingerprint density at radius 3 is 2.65 bits per heavy atom. The van der Waals surface area contributed by atoms with Crippen LogP contribution in [0.3, 0.4) is 0 Å². The van der Waals surface area contributed by atoms with E-state index in [9.17, 15) is 19.2 Å². The minimum absolute atomic E-state index is 0.108. The Hall–Kier alpha value is -3.60. The molecule has 2 aliphatic rings. The van der Waals surface area contributed by atoms with Crippen molar-refractivity contribution in [3.63, 3.8) is 0 Å². The molecule has 0 radical (unpaired) electrons. The smallest absolute Gasteiger partial charge is 0.271 e. The van der Waals surface area contributed by atoms with Crippen LogP contribution in [0.15, 0.2) is 24.3 Å². The number of fused-ring (bicyclic) bond motifs is 1. The summed E-state index contributed by atoms with van der Waals surface area (Å²) in [5.41, 5.74) is 6.12. The third-order valence-corrected chi connectivity index (χ3v) is 6.76. The highest BCUT2D eigenvalue weighted by Crippen LogP contribution is 2.30. The quantitative estimate of drug-likeness (QED) is 0.414. The van der Waals surface area contributed by atoms with Gasteiger partial charge in [0, 0.05) is 36.3 Å². The van der Waals surface area contributed by atoms with E-state index in [0.717, 1.165) is 10.9 Å². The van der Waals surface area contributed by atoms with E-state index in [-0.39, 0.29) is 37.3 Å². The standard InChI is InChI=1S/C26H35N5O6/c1-26(2,3)37-15-11-20(24(34)30-18(22(27)32)10-14-8-9-28-23(14)33)31(13-15)25(35)19-12-16-17(29-19)6-5-7-21(16)36-4/h5-7,12,14-15,18,20,29H,8-11,13H2,1-4H3,(H2,27,32)(H,28,33)(H,30,34)/t14-,15+,18?,20-/m0/s1. The number of carbonyl (C=O) groups is 4. The minimum atomic E-state index is -1.03. The van der Waals surface area contributed by atoms with Crippen molar-refractivity contribution in [3.8, 4) is 5.75 Å². The zero-order chi connectivity index (χ0) is 26.9. The summed E-state index contributed by atoms with van der Waals surface area (Å²) < 4.78 is 11.5. The molecule has 0 saturated carbocycles. The van der Waals surface area contributed by atoms with Gasteiger partial charge in [-0.05, 0) is 51.8 Å². The van der Waals surface area contributed by atoms with Crippen LogP contribution in [0.4, 0.5) is 0 Å². The van der Waals surface area contributed by atoms with E-state index in [1.807, 2.05) is 32.9 Å². The lowest BCUT2D eigenvalue weighted by molar-refractivity contribution is -0.131. The zero-order valence-electron chi connectivity index (χ0n) is 21.6. The number of hydrogen-bond donors (Lipinski definition) is 4. The molecule has 4 amide bonds. The summed E-state index contributed by atoms with van der Waals surface area (Å²) in [6, 6.07) is 5.25. The molecule has 0 aliphatic carbocycles. The number of likely N-dealkylation sites (tertiary alicyclic amines) is 1. The maximum atomic E-state index is 13.7. The van der Waals surface area contributed by atoms with Crippen molar-refractivity contribution < 1.29 is 28.7 Å². The fourth-order valence-corrected chi connectivity index (χ4v) is 5.10. The Labute approximate surface area is 215 Å². The van der Waals surface area contributed by atoms with E-state index >= 15 is 0 Å². The highest BCUT2D eigenvalue weighted by Gasteiger charge is 2.43. The minimum Gasteiger partial charge on any atom is -0.496 e. The summed E-state index contributed by atoms with van der Waals surface area (Å²) in [5, 5.41) is 6.17. The normalized spacial score (nSPS) is 22.6. The van der Waals surface area contributed by atoms with Gasteiger partial charge in [0.25, 0.3) is 5.91 Å². The molecule has 1 unspecified atom stereocenters. The van der Waals surface area contributed by atoms with E-state index in [0.29, 0.717) is 24.4 Å². The molecule has 3 heterocycles. The van der Waals surface area contributed by atoms with Gasteiger partial charge in [-0.1, -0.05) is 6.07 Å². The van der Waals surface area contributed by atoms with E-state index in [1.54, 1.807) is 19.2 Å². The van der Waals surface area contributed by atoms with Gasteiger partial charge in [0.2, 0.25) is 17.7 Å². The van der Waals surface area contributed by atoms with Crippen LogP contribution in [0.2, 0.25) is 0 Å². The number of aromatic nitrogens is 1. The number of nitrogens with two attached hydrogens (primary N) is 1. The number of amides is 4. The largest absolute Gasteiger partial charge is 0.496 e. The molecular weight excluding hydrogens is 478 g/mol. The SMILES string of the molecule is COc1cccc2[nH]c(C(=O)N3C[C@H](OC(C)(C)C)C[C@H]3C(=O)NC(C[C@@H]3CCNC3=O)C(N)=O)cc12. The molecule has 11 nitrogen and oxygen atoms in total. The average molecular weight is 514 g/mol. The Bertz CT molecular complexity index is 1200. The first-order chi connectivity index (χ1) is 17.5. The molecule has 2 fully saturated rings. The van der Waals surface area contributed by atoms with Crippen molar-refractivity contribution in [1.29, 1.82) is 0 Å². The van der Waals surface area contributed by atoms with Gasteiger partial charge in [-0.3, -0.25) is 19.2 Å². The van der Waals surface area contributed by atoms with Crippen molar-refractivity contribution in [3.05, 3.63) is 30.0 Å². The topological polar surface area (TPSA) is 156 Å².